The summed E-state index contributed by atoms with van der Waals surface area (Å²) in [6, 6.07) is 6.95. The Balaban J connectivity index is 2.25. The van der Waals surface area contributed by atoms with E-state index in [0.29, 0.717) is 33.3 Å². The van der Waals surface area contributed by atoms with E-state index in [4.69, 9.17) is 21.1 Å². The Morgan fingerprint density at radius 1 is 1.25 bits per heavy atom. The second-order valence-electron chi connectivity index (χ2n) is 5.40. The molecule has 0 amide bonds. The van der Waals surface area contributed by atoms with Crippen LogP contribution < -0.4 is 4.74 Å². The van der Waals surface area contributed by atoms with Crippen molar-refractivity contribution in [1.29, 1.82) is 0 Å². The van der Waals surface area contributed by atoms with Gasteiger partial charge in [-0.15, -0.1) is 0 Å². The van der Waals surface area contributed by atoms with E-state index in [1.54, 1.807) is 52.0 Å². The Labute approximate surface area is 145 Å². The van der Waals surface area contributed by atoms with Crippen LogP contribution in [-0.2, 0) is 4.74 Å². The number of rotatable bonds is 6. The van der Waals surface area contributed by atoms with Crippen LogP contribution in [0.4, 0.5) is 0 Å². The first-order valence-electron chi connectivity index (χ1n) is 7.68. The van der Waals surface area contributed by atoms with Crippen molar-refractivity contribution in [1.82, 2.24) is 4.98 Å². The van der Waals surface area contributed by atoms with E-state index in [2.05, 4.69) is 4.98 Å². The van der Waals surface area contributed by atoms with Crippen LogP contribution >= 0.6 is 11.6 Å². The van der Waals surface area contributed by atoms with Crippen molar-refractivity contribution in [2.75, 3.05) is 6.61 Å². The molecule has 2 rings (SSSR count). The van der Waals surface area contributed by atoms with E-state index in [0.717, 1.165) is 0 Å². The highest BCUT2D eigenvalue weighted by molar-refractivity contribution is 6.32. The summed E-state index contributed by atoms with van der Waals surface area (Å²) in [5, 5.41) is 0.434. The van der Waals surface area contributed by atoms with Gasteiger partial charge in [0.1, 0.15) is 5.75 Å². The number of para-hydroxylation sites is 1. The molecule has 1 atom stereocenters. The van der Waals surface area contributed by atoms with Gasteiger partial charge in [0.05, 0.1) is 22.9 Å². The standard InChI is InChI=1S/C18H20ClNO4/c1-5-23-18(22)15-10(2)16(20-11(15)3)17(21)12(4)24-14-9-7-6-8-13(14)19/h6-9,12,20H,5H2,1-4H3/t12-/m1/s1. The number of ether oxygens (including phenoxy) is 2. The van der Waals surface area contributed by atoms with Crippen molar-refractivity contribution in [3.63, 3.8) is 0 Å². The lowest BCUT2D eigenvalue weighted by Gasteiger charge is -2.14. The molecule has 5 nitrogen and oxygen atoms in total. The summed E-state index contributed by atoms with van der Waals surface area (Å²) in [6.45, 7) is 7.10. The molecule has 24 heavy (non-hydrogen) atoms. The maximum atomic E-state index is 12.7. The van der Waals surface area contributed by atoms with Gasteiger partial charge < -0.3 is 14.5 Å². The van der Waals surface area contributed by atoms with Gasteiger partial charge in [0.25, 0.3) is 0 Å². The topological polar surface area (TPSA) is 68.4 Å². The maximum absolute atomic E-state index is 12.7. The Hall–Kier alpha value is -2.27. The first-order chi connectivity index (χ1) is 11.4. The van der Waals surface area contributed by atoms with E-state index in [-0.39, 0.29) is 12.4 Å². The highest BCUT2D eigenvalue weighted by Crippen LogP contribution is 2.26. The fourth-order valence-corrected chi connectivity index (χ4v) is 2.67. The molecule has 0 bridgehead atoms. The van der Waals surface area contributed by atoms with Crippen LogP contribution in [0.25, 0.3) is 0 Å². The first-order valence-corrected chi connectivity index (χ1v) is 8.06. The zero-order valence-corrected chi connectivity index (χ0v) is 14.9. The molecule has 0 saturated heterocycles. The van der Waals surface area contributed by atoms with Gasteiger partial charge in [0.2, 0.25) is 5.78 Å². The molecule has 0 fully saturated rings. The Kier molecular flexibility index (Phi) is 5.67. The zero-order valence-electron chi connectivity index (χ0n) is 14.1. The van der Waals surface area contributed by atoms with E-state index in [1.807, 2.05) is 0 Å². The minimum Gasteiger partial charge on any atom is -0.481 e. The average Bonchev–Trinajstić information content (AvgIpc) is 2.83. The fraction of sp³-hybridized carbons (Fsp3) is 0.333. The van der Waals surface area contributed by atoms with Gasteiger partial charge in [-0.25, -0.2) is 4.79 Å². The number of aromatic amines is 1. The third-order valence-corrected chi connectivity index (χ3v) is 3.99. The lowest BCUT2D eigenvalue weighted by atomic mass is 10.1. The summed E-state index contributed by atoms with van der Waals surface area (Å²) in [5.41, 5.74) is 1.89. The summed E-state index contributed by atoms with van der Waals surface area (Å²) in [6.07, 6.45) is -0.753. The normalized spacial score (nSPS) is 11.9. The Bertz CT molecular complexity index is 766. The third-order valence-electron chi connectivity index (χ3n) is 3.67. The number of carbonyl (C=O) groups is 2. The van der Waals surface area contributed by atoms with Crippen LogP contribution in [0.1, 0.15) is 46.0 Å². The van der Waals surface area contributed by atoms with Gasteiger partial charge in [-0.05, 0) is 45.4 Å². The number of halogens is 1. The van der Waals surface area contributed by atoms with E-state index in [1.165, 1.54) is 0 Å². The van der Waals surface area contributed by atoms with Crippen molar-refractivity contribution >= 4 is 23.4 Å². The van der Waals surface area contributed by atoms with Gasteiger partial charge in [-0.2, -0.15) is 0 Å². The molecule has 1 aromatic carbocycles. The predicted molar refractivity (Wildman–Crippen MR) is 92.1 cm³/mol. The van der Waals surface area contributed by atoms with Crippen LogP contribution in [0.2, 0.25) is 5.02 Å². The molecular weight excluding hydrogens is 330 g/mol. The Morgan fingerprint density at radius 2 is 1.92 bits per heavy atom. The number of nitrogens with one attached hydrogen (secondary N) is 1. The van der Waals surface area contributed by atoms with Crippen molar-refractivity contribution in [3.05, 3.63) is 51.8 Å². The molecule has 6 heteroatoms. The number of ketones is 1. The van der Waals surface area contributed by atoms with Gasteiger partial charge in [0.15, 0.2) is 6.10 Å². The van der Waals surface area contributed by atoms with E-state index < -0.39 is 12.1 Å². The van der Waals surface area contributed by atoms with Crippen LogP contribution in [0, 0.1) is 13.8 Å². The molecule has 128 valence electrons. The highest BCUT2D eigenvalue weighted by atomic mass is 35.5. The van der Waals surface area contributed by atoms with Gasteiger partial charge >= 0.3 is 5.97 Å². The number of aromatic nitrogens is 1. The SMILES string of the molecule is CCOC(=O)c1c(C)[nH]c(C(=O)[C@@H](C)Oc2ccccc2Cl)c1C. The molecule has 0 aliphatic heterocycles. The second kappa shape index (κ2) is 7.53. The van der Waals surface area contributed by atoms with Crippen molar-refractivity contribution in [3.8, 4) is 5.75 Å². The number of esters is 1. The summed E-state index contributed by atoms with van der Waals surface area (Å²) in [4.78, 5) is 27.7. The van der Waals surface area contributed by atoms with Crippen LogP contribution in [0.3, 0.4) is 0 Å². The number of benzene rings is 1. The minimum absolute atomic E-state index is 0.258. The molecule has 0 unspecified atom stereocenters. The molecular formula is C18H20ClNO4. The summed E-state index contributed by atoms with van der Waals surface area (Å²) >= 11 is 6.05. The Morgan fingerprint density at radius 3 is 2.54 bits per heavy atom. The van der Waals surface area contributed by atoms with Crippen LogP contribution in [0.5, 0.6) is 5.75 Å². The fourth-order valence-electron chi connectivity index (χ4n) is 2.49. The first kappa shape index (κ1) is 18.1. The average molecular weight is 350 g/mol. The molecule has 1 aromatic heterocycles. The number of hydrogen-bond acceptors (Lipinski definition) is 4. The summed E-state index contributed by atoms with van der Waals surface area (Å²) < 4.78 is 10.7. The van der Waals surface area contributed by atoms with Gasteiger partial charge in [-0.1, -0.05) is 23.7 Å². The van der Waals surface area contributed by atoms with Gasteiger partial charge in [-0.3, -0.25) is 4.79 Å². The maximum Gasteiger partial charge on any atom is 0.340 e. The largest absolute Gasteiger partial charge is 0.481 e. The number of carbonyl (C=O) groups excluding carboxylic acids is 2. The molecule has 1 heterocycles. The number of H-pyrrole nitrogens is 1. The summed E-state index contributed by atoms with van der Waals surface area (Å²) in [5.74, 6) is -0.264. The lowest BCUT2D eigenvalue weighted by molar-refractivity contribution is 0.0525. The molecule has 0 aliphatic carbocycles. The van der Waals surface area contributed by atoms with E-state index >= 15 is 0 Å². The van der Waals surface area contributed by atoms with Crippen molar-refractivity contribution in [2.45, 2.75) is 33.8 Å². The van der Waals surface area contributed by atoms with Crippen LogP contribution in [0.15, 0.2) is 24.3 Å². The molecule has 0 spiro atoms. The molecule has 0 radical (unpaired) electrons. The minimum atomic E-state index is -0.753. The molecule has 0 aliphatic rings. The molecule has 1 N–H and O–H groups in total. The molecule has 2 aromatic rings. The van der Waals surface area contributed by atoms with Gasteiger partial charge in [0, 0.05) is 5.69 Å². The zero-order chi connectivity index (χ0) is 17.9. The second-order valence-corrected chi connectivity index (χ2v) is 5.81. The lowest BCUT2D eigenvalue weighted by Crippen LogP contribution is -2.25. The number of Topliss-reactive ketones (excluding diaryl/α,β-unsaturated/α-hetero) is 1. The number of aryl methyl sites for hydroxylation is 1. The van der Waals surface area contributed by atoms with Crippen molar-refractivity contribution < 1.29 is 19.1 Å². The monoisotopic (exact) mass is 349 g/mol. The smallest absolute Gasteiger partial charge is 0.340 e. The highest BCUT2D eigenvalue weighted by Gasteiger charge is 2.26. The van der Waals surface area contributed by atoms with E-state index in [9.17, 15) is 9.59 Å². The quantitative estimate of drug-likeness (QED) is 0.629. The summed E-state index contributed by atoms with van der Waals surface area (Å²) in [7, 11) is 0. The molecule has 0 saturated carbocycles. The predicted octanol–water partition coefficient (Wildman–Crippen LogP) is 4.11. The van der Waals surface area contributed by atoms with Crippen molar-refractivity contribution in [2.24, 2.45) is 0 Å². The van der Waals surface area contributed by atoms with Crippen LogP contribution in [-0.4, -0.2) is 29.4 Å². The number of hydrogen-bond donors (Lipinski definition) is 1. The third kappa shape index (κ3) is 3.62.